The van der Waals surface area contributed by atoms with Gasteiger partial charge in [0.05, 0.1) is 0 Å². The van der Waals surface area contributed by atoms with Crippen molar-refractivity contribution in [2.45, 2.75) is 49.0 Å². The number of hydrogen-bond acceptors (Lipinski definition) is 0. The summed E-state index contributed by atoms with van der Waals surface area (Å²) < 4.78 is 129. The summed E-state index contributed by atoms with van der Waals surface area (Å²) in [7, 11) is 0. The van der Waals surface area contributed by atoms with E-state index in [2.05, 4.69) is 0 Å². The fourth-order valence-corrected chi connectivity index (χ4v) is 2.61. The van der Waals surface area contributed by atoms with Crippen LogP contribution >= 0.6 is 33.2 Å². The molecular formula is C8H7Cl3F10Si. The van der Waals surface area contributed by atoms with Crippen LogP contribution in [-0.4, -0.2) is 35.6 Å². The monoisotopic (exact) mass is 426 g/mol. The molecule has 0 unspecified atom stereocenters. The average molecular weight is 428 g/mol. The van der Waals surface area contributed by atoms with Crippen LogP contribution in [0.15, 0.2) is 0 Å². The SMILES string of the molecule is CC(F)(F)C(F)(F)C(F)(F)C(F)(F)C(F)(F)CC[Si](Cl)(Cl)Cl. The maximum absolute atomic E-state index is 13.2. The third-order valence-electron chi connectivity index (χ3n) is 2.52. The van der Waals surface area contributed by atoms with Crippen molar-refractivity contribution in [1.29, 1.82) is 0 Å². The molecule has 0 atom stereocenters. The van der Waals surface area contributed by atoms with E-state index >= 15 is 0 Å². The topological polar surface area (TPSA) is 0 Å². The molecule has 0 N–H and O–H groups in total. The highest BCUT2D eigenvalue weighted by atomic mass is 35.8. The zero-order chi connectivity index (χ0) is 18.4. The Morgan fingerprint density at radius 1 is 0.682 bits per heavy atom. The third-order valence-corrected chi connectivity index (χ3v) is 5.04. The van der Waals surface area contributed by atoms with Crippen molar-refractivity contribution in [2.75, 3.05) is 0 Å². The normalized spacial score (nSPS) is 16.1. The maximum Gasteiger partial charge on any atom is 0.384 e. The Labute approximate surface area is 132 Å². The van der Waals surface area contributed by atoms with E-state index < -0.39 is 55.0 Å². The first-order valence-electron chi connectivity index (χ1n) is 5.16. The first-order valence-corrected chi connectivity index (χ1v) is 10.4. The molecule has 134 valence electrons. The fraction of sp³-hybridized carbons (Fsp3) is 1.00. The van der Waals surface area contributed by atoms with Gasteiger partial charge in [0.1, 0.15) is 0 Å². The lowest BCUT2D eigenvalue weighted by atomic mass is 9.94. The van der Waals surface area contributed by atoms with Crippen LogP contribution in [0.5, 0.6) is 0 Å². The first kappa shape index (κ1) is 22.4. The van der Waals surface area contributed by atoms with Gasteiger partial charge in [-0.1, -0.05) is 0 Å². The van der Waals surface area contributed by atoms with Crippen LogP contribution < -0.4 is 0 Å². The van der Waals surface area contributed by atoms with E-state index in [1.165, 1.54) is 0 Å². The molecule has 0 saturated heterocycles. The van der Waals surface area contributed by atoms with Crippen molar-refractivity contribution < 1.29 is 43.9 Å². The number of halogens is 13. The van der Waals surface area contributed by atoms with Crippen LogP contribution in [0.2, 0.25) is 6.04 Å². The van der Waals surface area contributed by atoms with Gasteiger partial charge in [0.15, 0.2) is 0 Å². The van der Waals surface area contributed by atoms with Crippen LogP contribution in [-0.2, 0) is 0 Å². The Kier molecular flexibility index (Phi) is 6.14. The number of hydrogen-bond donors (Lipinski definition) is 0. The fourth-order valence-electron chi connectivity index (χ4n) is 1.16. The van der Waals surface area contributed by atoms with E-state index in [9.17, 15) is 43.9 Å². The summed E-state index contributed by atoms with van der Waals surface area (Å²) in [5, 5.41) is 0. The van der Waals surface area contributed by atoms with Gasteiger partial charge in [0.2, 0.25) is 0 Å². The van der Waals surface area contributed by atoms with E-state index in [0.29, 0.717) is 0 Å². The van der Waals surface area contributed by atoms with Gasteiger partial charge in [-0.25, -0.2) is 0 Å². The summed E-state index contributed by atoms with van der Waals surface area (Å²) in [5.41, 5.74) is 0. The van der Waals surface area contributed by atoms with Crippen molar-refractivity contribution >= 4 is 39.2 Å². The smallest absolute Gasteiger partial charge is 0.200 e. The second-order valence-corrected chi connectivity index (χ2v) is 13.7. The molecule has 0 amide bonds. The van der Waals surface area contributed by atoms with Gasteiger partial charge in [-0.15, -0.1) is 33.2 Å². The second kappa shape index (κ2) is 6.03. The van der Waals surface area contributed by atoms with E-state index in [4.69, 9.17) is 33.2 Å². The molecule has 22 heavy (non-hydrogen) atoms. The predicted octanol–water partition coefficient (Wildman–Crippen LogP) is 6.23. The Hall–Kier alpha value is 0.387. The van der Waals surface area contributed by atoms with Crippen LogP contribution in [0.3, 0.4) is 0 Å². The molecular weight excluding hydrogens is 421 g/mol. The molecule has 0 rings (SSSR count). The molecule has 0 aliphatic rings. The average Bonchev–Trinajstić information content (AvgIpc) is 2.23. The van der Waals surface area contributed by atoms with Gasteiger partial charge in [-0.2, -0.15) is 43.9 Å². The zero-order valence-corrected chi connectivity index (χ0v) is 13.6. The lowest BCUT2D eigenvalue weighted by Crippen LogP contribution is -2.66. The largest absolute Gasteiger partial charge is 0.384 e. The molecule has 0 aliphatic heterocycles. The summed E-state index contributed by atoms with van der Waals surface area (Å²) >= 11 is 15.3. The van der Waals surface area contributed by atoms with E-state index in [1.54, 1.807) is 0 Å². The molecule has 0 fully saturated rings. The predicted molar refractivity (Wildman–Crippen MR) is 63.1 cm³/mol. The lowest BCUT2D eigenvalue weighted by Gasteiger charge is -2.38. The summed E-state index contributed by atoms with van der Waals surface area (Å²) in [4.78, 5) is 0. The van der Waals surface area contributed by atoms with Gasteiger partial charge in [0.25, 0.3) is 0 Å². The van der Waals surface area contributed by atoms with E-state index in [-0.39, 0.29) is 0 Å². The molecule has 0 bridgehead atoms. The molecule has 0 aromatic rings. The second-order valence-electron chi connectivity index (χ2n) is 4.43. The Bertz CT molecular complexity index is 400. The highest BCUT2D eigenvalue weighted by molar-refractivity contribution is 7.64. The van der Waals surface area contributed by atoms with Gasteiger partial charge in [0, 0.05) is 13.3 Å². The van der Waals surface area contributed by atoms with Crippen LogP contribution in [0.1, 0.15) is 13.3 Å². The Balaban J connectivity index is 5.69. The molecule has 0 spiro atoms. The van der Waals surface area contributed by atoms with Crippen LogP contribution in [0, 0.1) is 0 Å². The molecule has 0 aromatic heterocycles. The highest BCUT2D eigenvalue weighted by Crippen LogP contribution is 2.58. The van der Waals surface area contributed by atoms with Crippen molar-refractivity contribution in [1.82, 2.24) is 0 Å². The van der Waals surface area contributed by atoms with Gasteiger partial charge in [-0.3, -0.25) is 0 Å². The molecule has 0 saturated carbocycles. The molecule has 0 aromatic carbocycles. The van der Waals surface area contributed by atoms with Gasteiger partial charge in [-0.05, 0) is 6.04 Å². The molecule has 0 aliphatic carbocycles. The molecule has 0 radical (unpaired) electrons. The van der Waals surface area contributed by atoms with Crippen molar-refractivity contribution in [3.05, 3.63) is 0 Å². The Morgan fingerprint density at radius 3 is 1.32 bits per heavy atom. The number of alkyl halides is 10. The maximum atomic E-state index is 13.2. The summed E-state index contributed by atoms with van der Waals surface area (Å²) in [5.74, 6) is -32.1. The Morgan fingerprint density at radius 2 is 1.05 bits per heavy atom. The third kappa shape index (κ3) is 4.07. The van der Waals surface area contributed by atoms with Crippen molar-refractivity contribution in [2.24, 2.45) is 0 Å². The van der Waals surface area contributed by atoms with Gasteiger partial charge < -0.3 is 0 Å². The van der Waals surface area contributed by atoms with Crippen molar-refractivity contribution in [3.8, 4) is 0 Å². The minimum atomic E-state index is -7.04. The van der Waals surface area contributed by atoms with Crippen LogP contribution in [0.4, 0.5) is 43.9 Å². The quantitative estimate of drug-likeness (QED) is 0.257. The molecule has 0 heterocycles. The zero-order valence-electron chi connectivity index (χ0n) is 10.3. The van der Waals surface area contributed by atoms with E-state index in [1.807, 2.05) is 0 Å². The molecule has 14 heteroatoms. The summed E-state index contributed by atoms with van der Waals surface area (Å²) in [6.45, 7) is -0.802. The van der Waals surface area contributed by atoms with Gasteiger partial charge >= 0.3 is 35.6 Å². The number of rotatable bonds is 7. The standard InChI is InChI=1S/C8H7Cl3F10Si/c1-4(12,13)6(16,17)8(20,21)7(18,19)5(14,15)2-3-22(9,10)11/h2-3H2,1H3. The molecule has 0 nitrogen and oxygen atoms in total. The minimum absolute atomic E-state index is 0.802. The van der Waals surface area contributed by atoms with Crippen LogP contribution in [0.25, 0.3) is 0 Å². The first-order chi connectivity index (χ1) is 9.21. The minimum Gasteiger partial charge on any atom is -0.200 e. The lowest BCUT2D eigenvalue weighted by molar-refractivity contribution is -0.398. The highest BCUT2D eigenvalue weighted by Gasteiger charge is 2.84. The summed E-state index contributed by atoms with van der Waals surface area (Å²) in [6, 6.07) is -5.24. The van der Waals surface area contributed by atoms with E-state index in [0.717, 1.165) is 0 Å². The van der Waals surface area contributed by atoms with Crippen molar-refractivity contribution in [3.63, 3.8) is 0 Å². The summed E-state index contributed by atoms with van der Waals surface area (Å²) in [6.07, 6.45) is -2.19.